The molecule has 8 heteroatoms. The molecule has 26 heavy (non-hydrogen) atoms. The van der Waals surface area contributed by atoms with Crippen LogP contribution in [0.5, 0.6) is 5.75 Å². The molecule has 1 fully saturated rings. The zero-order valence-corrected chi connectivity index (χ0v) is 15.4. The van der Waals surface area contributed by atoms with Crippen LogP contribution in [0.3, 0.4) is 0 Å². The van der Waals surface area contributed by atoms with Crippen LogP contribution in [-0.4, -0.2) is 33.2 Å². The van der Waals surface area contributed by atoms with E-state index >= 15 is 0 Å². The molecule has 1 aromatic carbocycles. The van der Waals surface area contributed by atoms with E-state index in [0.717, 1.165) is 16.2 Å². The minimum Gasteiger partial charge on any atom is -0.496 e. The predicted molar refractivity (Wildman–Crippen MR) is 98.4 cm³/mol. The van der Waals surface area contributed by atoms with Crippen molar-refractivity contribution in [1.29, 1.82) is 0 Å². The summed E-state index contributed by atoms with van der Waals surface area (Å²) in [6, 6.07) is 6.21. The molecular weight excluding hydrogens is 350 g/mol. The van der Waals surface area contributed by atoms with E-state index in [4.69, 9.17) is 4.74 Å². The molecule has 7 nitrogen and oxygen atoms in total. The van der Waals surface area contributed by atoms with Gasteiger partial charge < -0.3 is 10.1 Å². The third kappa shape index (κ3) is 3.32. The lowest BCUT2D eigenvalue weighted by atomic mass is 10.1. The number of aromatic nitrogens is 4. The first-order valence-corrected chi connectivity index (χ1v) is 9.25. The number of hydrogen-bond acceptors (Lipinski definition) is 6. The molecular formula is C18H19N5O2S. The molecule has 2 N–H and O–H groups in total. The third-order valence-electron chi connectivity index (χ3n) is 4.42. The second-order valence-corrected chi connectivity index (χ2v) is 7.49. The van der Waals surface area contributed by atoms with Crippen LogP contribution in [0.4, 0.5) is 0 Å². The van der Waals surface area contributed by atoms with Crippen LogP contribution in [0.25, 0.3) is 10.8 Å². The fourth-order valence-electron chi connectivity index (χ4n) is 2.88. The topological polar surface area (TPSA) is 92.8 Å². The minimum absolute atomic E-state index is 0.205. The molecule has 2 aromatic heterocycles. The van der Waals surface area contributed by atoms with Gasteiger partial charge in [-0.1, -0.05) is 12.1 Å². The Hall–Kier alpha value is -2.74. The number of H-pyrrole nitrogens is 1. The number of thiazole rings is 1. The normalized spacial score (nSPS) is 13.6. The molecule has 3 aromatic rings. The molecule has 134 valence electrons. The van der Waals surface area contributed by atoms with E-state index in [1.54, 1.807) is 7.11 Å². The number of rotatable bonds is 6. The van der Waals surface area contributed by atoms with Gasteiger partial charge in [0.25, 0.3) is 5.91 Å². The van der Waals surface area contributed by atoms with Crippen molar-refractivity contribution in [1.82, 2.24) is 25.5 Å². The molecule has 0 bridgehead atoms. The van der Waals surface area contributed by atoms with Gasteiger partial charge in [0.2, 0.25) is 0 Å². The highest BCUT2D eigenvalue weighted by molar-refractivity contribution is 7.15. The van der Waals surface area contributed by atoms with Crippen LogP contribution in [0.2, 0.25) is 0 Å². The largest absolute Gasteiger partial charge is 0.496 e. The summed E-state index contributed by atoms with van der Waals surface area (Å²) in [4.78, 5) is 21.9. The number of hydrogen-bond donors (Lipinski definition) is 2. The van der Waals surface area contributed by atoms with Crippen LogP contribution in [0, 0.1) is 6.92 Å². The van der Waals surface area contributed by atoms with E-state index in [0.29, 0.717) is 29.0 Å². The Morgan fingerprint density at radius 1 is 1.42 bits per heavy atom. The maximum Gasteiger partial charge on any atom is 0.271 e. The van der Waals surface area contributed by atoms with Crippen LogP contribution >= 0.6 is 11.3 Å². The second kappa shape index (κ2) is 6.87. The first-order chi connectivity index (χ1) is 12.7. The second-order valence-electron chi connectivity index (χ2n) is 6.29. The highest BCUT2D eigenvalue weighted by Crippen LogP contribution is 2.41. The molecule has 1 aliphatic carbocycles. The number of methoxy groups -OCH3 is 1. The molecule has 2 heterocycles. The van der Waals surface area contributed by atoms with E-state index < -0.39 is 0 Å². The van der Waals surface area contributed by atoms with Gasteiger partial charge in [0.1, 0.15) is 17.8 Å². The quantitative estimate of drug-likeness (QED) is 0.697. The van der Waals surface area contributed by atoms with Crippen LogP contribution in [0.1, 0.15) is 45.3 Å². The maximum absolute atomic E-state index is 12.6. The van der Waals surface area contributed by atoms with Crippen LogP contribution < -0.4 is 10.1 Å². The van der Waals surface area contributed by atoms with E-state index in [-0.39, 0.29) is 5.91 Å². The van der Waals surface area contributed by atoms with Crippen molar-refractivity contribution in [3.63, 3.8) is 0 Å². The summed E-state index contributed by atoms with van der Waals surface area (Å²) in [6.07, 6.45) is 3.89. The summed E-state index contributed by atoms with van der Waals surface area (Å²) >= 11 is 1.41. The first kappa shape index (κ1) is 16.7. The Balaban J connectivity index is 1.50. The summed E-state index contributed by atoms with van der Waals surface area (Å²) < 4.78 is 5.43. The summed E-state index contributed by atoms with van der Waals surface area (Å²) in [5.41, 5.74) is 2.71. The van der Waals surface area contributed by atoms with E-state index in [1.165, 1.54) is 36.1 Å². The standard InChI is InChI=1S/C18H19N5O2S/c1-10-15(22-18(26-10)16-20-9-21-23-16)17(24)19-8-13-7-12(11-3-4-11)5-6-14(13)25-2/h5-7,9,11H,3-4,8H2,1-2H3,(H,19,24)(H,20,21,23). The number of carbonyl (C=O) groups excluding carboxylic acids is 1. The average molecular weight is 369 g/mol. The Morgan fingerprint density at radius 3 is 2.96 bits per heavy atom. The number of aryl methyl sites for hydroxylation is 1. The number of carbonyl (C=O) groups is 1. The lowest BCUT2D eigenvalue weighted by Gasteiger charge is -2.11. The van der Waals surface area contributed by atoms with Gasteiger partial charge in [0.05, 0.1) is 7.11 Å². The van der Waals surface area contributed by atoms with Gasteiger partial charge in [0, 0.05) is 17.0 Å². The van der Waals surface area contributed by atoms with Crippen molar-refractivity contribution < 1.29 is 9.53 Å². The highest BCUT2D eigenvalue weighted by atomic mass is 32.1. The summed E-state index contributed by atoms with van der Waals surface area (Å²) in [5.74, 6) is 1.80. The average Bonchev–Trinajstić information content (AvgIpc) is 3.21. The fraction of sp³-hybridized carbons (Fsp3) is 0.333. The number of benzene rings is 1. The molecule has 0 atom stereocenters. The number of ether oxygens (including phenoxy) is 1. The summed E-state index contributed by atoms with van der Waals surface area (Å²) in [7, 11) is 1.64. The smallest absolute Gasteiger partial charge is 0.271 e. The van der Waals surface area contributed by atoms with E-state index in [1.807, 2.05) is 13.0 Å². The molecule has 1 saturated carbocycles. The predicted octanol–water partition coefficient (Wildman–Crippen LogP) is 3.05. The van der Waals surface area contributed by atoms with Gasteiger partial charge in [-0.3, -0.25) is 9.89 Å². The van der Waals surface area contributed by atoms with Crippen molar-refractivity contribution in [2.24, 2.45) is 0 Å². The Morgan fingerprint density at radius 2 is 2.27 bits per heavy atom. The van der Waals surface area contributed by atoms with Gasteiger partial charge in [-0.2, -0.15) is 5.10 Å². The van der Waals surface area contributed by atoms with Gasteiger partial charge >= 0.3 is 0 Å². The third-order valence-corrected chi connectivity index (χ3v) is 5.40. The van der Waals surface area contributed by atoms with E-state index in [9.17, 15) is 4.79 Å². The van der Waals surface area contributed by atoms with Gasteiger partial charge in [-0.05, 0) is 37.3 Å². The van der Waals surface area contributed by atoms with Gasteiger partial charge in [-0.25, -0.2) is 9.97 Å². The van der Waals surface area contributed by atoms with Crippen molar-refractivity contribution in [2.75, 3.05) is 7.11 Å². The van der Waals surface area contributed by atoms with E-state index in [2.05, 4.69) is 37.6 Å². The number of nitrogens with zero attached hydrogens (tertiary/aromatic N) is 3. The van der Waals surface area contributed by atoms with Crippen molar-refractivity contribution in [3.8, 4) is 16.6 Å². The maximum atomic E-state index is 12.6. The monoisotopic (exact) mass is 369 g/mol. The lowest BCUT2D eigenvalue weighted by Crippen LogP contribution is -2.24. The van der Waals surface area contributed by atoms with Crippen LogP contribution in [-0.2, 0) is 6.54 Å². The lowest BCUT2D eigenvalue weighted by molar-refractivity contribution is 0.0946. The molecule has 4 rings (SSSR count). The molecule has 1 aliphatic rings. The Bertz CT molecular complexity index is 931. The molecule has 0 spiro atoms. The van der Waals surface area contributed by atoms with Gasteiger partial charge in [0.15, 0.2) is 10.8 Å². The van der Waals surface area contributed by atoms with Crippen LogP contribution in [0.15, 0.2) is 24.5 Å². The highest BCUT2D eigenvalue weighted by Gasteiger charge is 2.24. The SMILES string of the molecule is COc1ccc(C2CC2)cc1CNC(=O)c1nc(-c2ncn[nH]2)sc1C. The molecule has 0 saturated heterocycles. The number of aromatic amines is 1. The molecule has 1 amide bonds. The summed E-state index contributed by atoms with van der Waals surface area (Å²) in [5, 5.41) is 10.2. The Kier molecular flexibility index (Phi) is 4.42. The molecule has 0 unspecified atom stereocenters. The fourth-order valence-corrected chi connectivity index (χ4v) is 3.74. The molecule has 0 radical (unpaired) electrons. The summed E-state index contributed by atoms with van der Waals surface area (Å²) in [6.45, 7) is 2.28. The number of nitrogens with one attached hydrogen (secondary N) is 2. The first-order valence-electron chi connectivity index (χ1n) is 8.44. The number of amides is 1. The van der Waals surface area contributed by atoms with Crippen molar-refractivity contribution in [3.05, 3.63) is 46.2 Å². The zero-order chi connectivity index (χ0) is 18.1. The van der Waals surface area contributed by atoms with Crippen molar-refractivity contribution in [2.45, 2.75) is 32.2 Å². The van der Waals surface area contributed by atoms with Gasteiger partial charge in [-0.15, -0.1) is 11.3 Å². The Labute approximate surface area is 154 Å². The molecule has 0 aliphatic heterocycles. The van der Waals surface area contributed by atoms with Crippen molar-refractivity contribution >= 4 is 17.2 Å². The zero-order valence-electron chi connectivity index (χ0n) is 14.6. The minimum atomic E-state index is -0.205.